The number of carbonyl (C=O) groups excluding carboxylic acids is 1. The number of hydrogen-bond acceptors (Lipinski definition) is 2. The molecule has 0 aromatic rings. The Morgan fingerprint density at radius 2 is 2.50 bits per heavy atom. The highest BCUT2D eigenvalue weighted by Gasteiger charge is 1.82. The highest BCUT2D eigenvalue weighted by Crippen LogP contribution is 1.65. The van der Waals surface area contributed by atoms with Gasteiger partial charge < -0.3 is 10.5 Å². The Hall–Kier alpha value is -0.730. The summed E-state index contributed by atoms with van der Waals surface area (Å²) in [4.78, 5) is 9.56. The van der Waals surface area contributed by atoms with Gasteiger partial charge in [0.15, 0.2) is 0 Å². The lowest BCUT2D eigenvalue weighted by Gasteiger charge is -1.88. The topological polar surface area (TPSA) is 52.3 Å². The number of nitrogens with two attached hydrogens (primary N) is 1. The van der Waals surface area contributed by atoms with Gasteiger partial charge in [-0.1, -0.05) is 0 Å². The Balaban J connectivity index is 2.83. The van der Waals surface area contributed by atoms with Gasteiger partial charge in [-0.3, -0.25) is 0 Å². The molecule has 2 N–H and O–H groups in total. The molecule has 0 unspecified atom stereocenters. The molecule has 0 heterocycles. The predicted molar refractivity (Wildman–Crippen MR) is 20.9 cm³/mol. The van der Waals surface area contributed by atoms with Crippen molar-refractivity contribution in [3.63, 3.8) is 0 Å². The van der Waals surface area contributed by atoms with E-state index in [1.807, 2.05) is 0 Å². The van der Waals surface area contributed by atoms with Crippen LogP contribution in [0.15, 0.2) is 0 Å². The summed E-state index contributed by atoms with van der Waals surface area (Å²) in [6.07, 6.45) is -0.773. The standard InChI is InChI=1S/C3H6NO2/c1-2-6-3(4)5/h1-2H2,(H2,4,5). The number of primary amides is 1. The summed E-state index contributed by atoms with van der Waals surface area (Å²) in [5.74, 6) is 0. The molecule has 0 atom stereocenters. The highest BCUT2D eigenvalue weighted by molar-refractivity contribution is 5.64. The maximum atomic E-state index is 9.56. The van der Waals surface area contributed by atoms with Crippen LogP contribution in [0.3, 0.4) is 0 Å². The summed E-state index contributed by atoms with van der Waals surface area (Å²) in [5, 5.41) is 0. The highest BCUT2D eigenvalue weighted by atomic mass is 16.5. The number of amides is 1. The zero-order valence-corrected chi connectivity index (χ0v) is 3.31. The first kappa shape index (κ1) is 5.27. The molecular weight excluding hydrogens is 82.0 g/mol. The van der Waals surface area contributed by atoms with E-state index in [9.17, 15) is 4.79 Å². The Bertz CT molecular complexity index is 52.8. The van der Waals surface area contributed by atoms with Crippen molar-refractivity contribution in [2.24, 2.45) is 5.73 Å². The predicted octanol–water partition coefficient (Wildman–Crippen LogP) is -0.0842. The zero-order chi connectivity index (χ0) is 4.99. The molecule has 0 spiro atoms. The molecule has 3 heteroatoms. The number of hydrogen-bond donors (Lipinski definition) is 1. The molecule has 0 fully saturated rings. The van der Waals surface area contributed by atoms with Crippen molar-refractivity contribution in [3.05, 3.63) is 6.92 Å². The molecule has 35 valence electrons. The van der Waals surface area contributed by atoms with Gasteiger partial charge in [-0.15, -0.1) is 0 Å². The van der Waals surface area contributed by atoms with Gasteiger partial charge in [0, 0.05) is 0 Å². The molecule has 0 rings (SSSR count). The van der Waals surface area contributed by atoms with E-state index in [-0.39, 0.29) is 6.61 Å². The number of rotatable bonds is 1. The van der Waals surface area contributed by atoms with Gasteiger partial charge in [0.1, 0.15) is 0 Å². The first-order valence-electron chi connectivity index (χ1n) is 1.49. The lowest BCUT2D eigenvalue weighted by molar-refractivity contribution is 0.168. The molecule has 0 aromatic carbocycles. The average Bonchev–Trinajstić information content (AvgIpc) is 1.35. The van der Waals surface area contributed by atoms with Gasteiger partial charge in [0.2, 0.25) is 0 Å². The minimum Gasteiger partial charge on any atom is -0.450 e. The van der Waals surface area contributed by atoms with E-state index < -0.39 is 6.09 Å². The Kier molecular flexibility index (Phi) is 2.20. The van der Waals surface area contributed by atoms with Crippen LogP contribution >= 0.6 is 0 Å². The molecule has 1 radical (unpaired) electrons. The van der Waals surface area contributed by atoms with E-state index in [0.717, 1.165) is 0 Å². The van der Waals surface area contributed by atoms with Crippen molar-refractivity contribution in [2.75, 3.05) is 6.61 Å². The lowest BCUT2D eigenvalue weighted by atomic mass is 10.9. The van der Waals surface area contributed by atoms with E-state index in [2.05, 4.69) is 17.4 Å². The van der Waals surface area contributed by atoms with Crippen molar-refractivity contribution >= 4 is 6.09 Å². The van der Waals surface area contributed by atoms with Crippen LogP contribution < -0.4 is 5.73 Å². The molecule has 0 aromatic heterocycles. The molecule has 3 nitrogen and oxygen atoms in total. The SMILES string of the molecule is [CH2]COC(N)=O. The summed E-state index contributed by atoms with van der Waals surface area (Å²) in [6.45, 7) is 3.31. The number of carbonyl (C=O) groups is 1. The van der Waals surface area contributed by atoms with Crippen molar-refractivity contribution in [1.29, 1.82) is 0 Å². The molecule has 0 saturated heterocycles. The summed E-state index contributed by atoms with van der Waals surface area (Å²) in [6, 6.07) is 0. The van der Waals surface area contributed by atoms with Crippen LogP contribution in [0.25, 0.3) is 0 Å². The Morgan fingerprint density at radius 1 is 2.00 bits per heavy atom. The third-order valence-corrected chi connectivity index (χ3v) is 0.244. The van der Waals surface area contributed by atoms with E-state index in [1.165, 1.54) is 0 Å². The normalized spacial score (nSPS) is 7.50. The minimum atomic E-state index is -0.773. The fourth-order valence-corrected chi connectivity index (χ4v) is 0.101. The summed E-state index contributed by atoms with van der Waals surface area (Å²) < 4.78 is 4.07. The van der Waals surface area contributed by atoms with E-state index in [4.69, 9.17) is 0 Å². The molecule has 0 aliphatic rings. The first-order chi connectivity index (χ1) is 2.77. The van der Waals surface area contributed by atoms with Crippen molar-refractivity contribution in [2.45, 2.75) is 0 Å². The lowest BCUT2D eigenvalue weighted by Crippen LogP contribution is -2.12. The van der Waals surface area contributed by atoms with Crippen LogP contribution in [0.1, 0.15) is 0 Å². The van der Waals surface area contributed by atoms with Crippen LogP contribution in [-0.4, -0.2) is 12.7 Å². The minimum absolute atomic E-state index is 0.106. The smallest absolute Gasteiger partial charge is 0.404 e. The van der Waals surface area contributed by atoms with Crippen LogP contribution in [0.5, 0.6) is 0 Å². The second-order valence-electron chi connectivity index (χ2n) is 0.667. The van der Waals surface area contributed by atoms with Gasteiger partial charge in [-0.25, -0.2) is 4.79 Å². The average molecular weight is 88.1 g/mol. The van der Waals surface area contributed by atoms with Crippen molar-refractivity contribution in [1.82, 2.24) is 0 Å². The van der Waals surface area contributed by atoms with Crippen molar-refractivity contribution < 1.29 is 9.53 Å². The molecule has 1 amide bonds. The van der Waals surface area contributed by atoms with Crippen LogP contribution in [0.2, 0.25) is 0 Å². The van der Waals surface area contributed by atoms with Crippen LogP contribution in [-0.2, 0) is 4.74 Å². The second-order valence-corrected chi connectivity index (χ2v) is 0.667. The summed E-state index contributed by atoms with van der Waals surface area (Å²) >= 11 is 0. The Morgan fingerprint density at radius 3 is 2.50 bits per heavy atom. The molecule has 6 heavy (non-hydrogen) atoms. The second kappa shape index (κ2) is 2.50. The molecule has 0 saturated carbocycles. The van der Waals surface area contributed by atoms with E-state index in [1.54, 1.807) is 0 Å². The van der Waals surface area contributed by atoms with E-state index in [0.29, 0.717) is 0 Å². The van der Waals surface area contributed by atoms with Gasteiger partial charge in [-0.2, -0.15) is 0 Å². The largest absolute Gasteiger partial charge is 0.450 e. The third kappa shape index (κ3) is 3.27. The monoisotopic (exact) mass is 88.0 g/mol. The maximum absolute atomic E-state index is 9.56. The Labute approximate surface area is 36.1 Å². The van der Waals surface area contributed by atoms with Gasteiger partial charge in [0.05, 0.1) is 6.61 Å². The molecule has 0 aliphatic heterocycles. The summed E-state index contributed by atoms with van der Waals surface area (Å²) in [5.41, 5.74) is 4.50. The molecule has 0 bridgehead atoms. The third-order valence-electron chi connectivity index (χ3n) is 0.244. The van der Waals surface area contributed by atoms with Crippen molar-refractivity contribution in [3.8, 4) is 0 Å². The van der Waals surface area contributed by atoms with Gasteiger partial charge in [0.25, 0.3) is 0 Å². The quantitative estimate of drug-likeness (QED) is 0.487. The van der Waals surface area contributed by atoms with Crippen LogP contribution in [0.4, 0.5) is 4.79 Å². The fourth-order valence-electron chi connectivity index (χ4n) is 0.101. The molecule has 0 aliphatic carbocycles. The first-order valence-corrected chi connectivity index (χ1v) is 1.49. The van der Waals surface area contributed by atoms with E-state index >= 15 is 0 Å². The van der Waals surface area contributed by atoms with Crippen LogP contribution in [0, 0.1) is 6.92 Å². The van der Waals surface area contributed by atoms with Gasteiger partial charge in [-0.05, 0) is 6.92 Å². The summed E-state index contributed by atoms with van der Waals surface area (Å²) in [7, 11) is 0. The molecular formula is C3H6NO2. The zero-order valence-electron chi connectivity index (χ0n) is 3.31. The maximum Gasteiger partial charge on any atom is 0.404 e. The fraction of sp³-hybridized carbons (Fsp3) is 0.333. The number of ether oxygens (including phenoxy) is 1. The van der Waals surface area contributed by atoms with Gasteiger partial charge >= 0.3 is 6.09 Å².